The number of para-hydroxylation sites is 2. The van der Waals surface area contributed by atoms with Gasteiger partial charge in [0, 0.05) is 6.54 Å². The third-order valence-corrected chi connectivity index (χ3v) is 4.71. The molecular formula is C20H22N2O3S. The first kappa shape index (κ1) is 18.4. The number of unbranched alkanes of at least 4 members (excludes halogenated alkanes) is 1. The van der Waals surface area contributed by atoms with E-state index in [4.69, 9.17) is 9.47 Å². The van der Waals surface area contributed by atoms with E-state index in [0.717, 1.165) is 33.8 Å². The molecule has 3 rings (SSSR count). The predicted octanol–water partition coefficient (Wildman–Crippen LogP) is 3.79. The number of fused-ring (bicyclic) bond motifs is 1. The largest absolute Gasteiger partial charge is 0.494 e. The molecule has 0 unspecified atom stereocenters. The fourth-order valence-electron chi connectivity index (χ4n) is 2.43. The lowest BCUT2D eigenvalue weighted by molar-refractivity contribution is -0.126. The number of benzene rings is 2. The average Bonchev–Trinajstić information content (AvgIpc) is 3.08. The van der Waals surface area contributed by atoms with E-state index in [9.17, 15) is 4.79 Å². The summed E-state index contributed by atoms with van der Waals surface area (Å²) in [6.45, 7) is 1.68. The van der Waals surface area contributed by atoms with Gasteiger partial charge in [0.05, 0.1) is 23.4 Å². The van der Waals surface area contributed by atoms with Gasteiger partial charge in [0.2, 0.25) is 5.91 Å². The number of nitrogens with zero attached hydrogens (tertiary/aromatic N) is 1. The van der Waals surface area contributed by atoms with Gasteiger partial charge < -0.3 is 14.8 Å². The Hall–Kier alpha value is -2.44. The lowest BCUT2D eigenvalue weighted by atomic mass is 10.3. The van der Waals surface area contributed by atoms with Crippen molar-refractivity contribution in [1.82, 2.24) is 10.3 Å². The maximum absolute atomic E-state index is 11.8. The lowest BCUT2D eigenvalue weighted by Crippen LogP contribution is -2.28. The molecule has 1 aromatic heterocycles. The first-order valence-electron chi connectivity index (χ1n) is 8.68. The summed E-state index contributed by atoms with van der Waals surface area (Å²) in [5.41, 5.74) is 0.971. The van der Waals surface area contributed by atoms with Gasteiger partial charge in [-0.2, -0.15) is 0 Å². The average molecular weight is 370 g/mol. The van der Waals surface area contributed by atoms with E-state index in [1.165, 1.54) is 0 Å². The molecule has 26 heavy (non-hydrogen) atoms. The van der Waals surface area contributed by atoms with Gasteiger partial charge in [0.1, 0.15) is 17.4 Å². The van der Waals surface area contributed by atoms with Gasteiger partial charge in [0.25, 0.3) is 0 Å². The van der Waals surface area contributed by atoms with Crippen LogP contribution in [0, 0.1) is 0 Å². The molecule has 1 amide bonds. The van der Waals surface area contributed by atoms with Crippen LogP contribution >= 0.6 is 11.3 Å². The van der Waals surface area contributed by atoms with E-state index in [1.54, 1.807) is 11.3 Å². The summed E-state index contributed by atoms with van der Waals surface area (Å²) in [5, 5.41) is 3.74. The van der Waals surface area contributed by atoms with Crippen LogP contribution < -0.4 is 10.1 Å². The number of hydrogen-bond donors (Lipinski definition) is 1. The quantitative estimate of drug-likeness (QED) is 0.552. The Labute approximate surface area is 157 Å². The molecule has 6 heteroatoms. The van der Waals surface area contributed by atoms with Crippen LogP contribution in [0.25, 0.3) is 10.2 Å². The second kappa shape index (κ2) is 9.89. The molecule has 0 saturated carbocycles. The Morgan fingerprint density at radius 1 is 1.04 bits per heavy atom. The summed E-state index contributed by atoms with van der Waals surface area (Å²) in [6, 6.07) is 17.7. The molecule has 0 bridgehead atoms. The van der Waals surface area contributed by atoms with Crippen molar-refractivity contribution in [3.8, 4) is 5.75 Å². The number of nitrogens with one attached hydrogen (secondary N) is 1. The zero-order chi connectivity index (χ0) is 18.0. The van der Waals surface area contributed by atoms with Gasteiger partial charge in [-0.1, -0.05) is 30.3 Å². The van der Waals surface area contributed by atoms with Crippen LogP contribution in [0.4, 0.5) is 0 Å². The molecule has 3 aromatic rings. The highest BCUT2D eigenvalue weighted by atomic mass is 32.1. The molecule has 0 atom stereocenters. The number of hydrogen-bond acceptors (Lipinski definition) is 5. The molecule has 136 valence electrons. The van der Waals surface area contributed by atoms with Crippen molar-refractivity contribution in [3.63, 3.8) is 0 Å². The van der Waals surface area contributed by atoms with Crippen molar-refractivity contribution in [1.29, 1.82) is 0 Å². The van der Waals surface area contributed by atoms with E-state index < -0.39 is 0 Å². The molecule has 0 aliphatic heterocycles. The molecule has 0 fully saturated rings. The lowest BCUT2D eigenvalue weighted by Gasteiger charge is -2.07. The smallest absolute Gasteiger partial charge is 0.246 e. The minimum Gasteiger partial charge on any atom is -0.494 e. The molecule has 1 heterocycles. The minimum atomic E-state index is -0.102. The van der Waals surface area contributed by atoms with E-state index in [2.05, 4.69) is 10.3 Å². The maximum atomic E-state index is 11.8. The molecule has 0 radical (unpaired) electrons. The second-order valence-electron chi connectivity index (χ2n) is 5.79. The van der Waals surface area contributed by atoms with Crippen LogP contribution in [0.15, 0.2) is 54.6 Å². The monoisotopic (exact) mass is 370 g/mol. The van der Waals surface area contributed by atoms with E-state index in [-0.39, 0.29) is 12.5 Å². The SMILES string of the molecule is O=C(COCc1nc2ccccc2s1)NCCCCOc1ccccc1. The molecular weight excluding hydrogens is 348 g/mol. The van der Waals surface area contributed by atoms with Crippen molar-refractivity contribution in [3.05, 3.63) is 59.6 Å². The number of rotatable bonds is 10. The number of carbonyl (C=O) groups excluding carboxylic acids is 1. The molecule has 0 saturated heterocycles. The Kier molecular flexibility index (Phi) is 6.98. The Bertz CT molecular complexity index is 787. The zero-order valence-electron chi connectivity index (χ0n) is 14.5. The Balaban J connectivity index is 1.24. The third kappa shape index (κ3) is 5.82. The van der Waals surface area contributed by atoms with E-state index in [1.807, 2.05) is 54.6 Å². The van der Waals surface area contributed by atoms with Crippen LogP contribution in [-0.2, 0) is 16.1 Å². The highest BCUT2D eigenvalue weighted by Crippen LogP contribution is 2.21. The van der Waals surface area contributed by atoms with Crippen molar-refractivity contribution in [2.75, 3.05) is 19.8 Å². The molecule has 1 N–H and O–H groups in total. The summed E-state index contributed by atoms with van der Waals surface area (Å²) in [6.07, 6.45) is 1.76. The molecule has 5 nitrogen and oxygen atoms in total. The first-order chi connectivity index (χ1) is 12.8. The van der Waals surface area contributed by atoms with Gasteiger partial charge in [-0.3, -0.25) is 4.79 Å². The van der Waals surface area contributed by atoms with E-state index in [0.29, 0.717) is 19.8 Å². The van der Waals surface area contributed by atoms with Gasteiger partial charge >= 0.3 is 0 Å². The van der Waals surface area contributed by atoms with Crippen LogP contribution in [0.2, 0.25) is 0 Å². The Morgan fingerprint density at radius 3 is 2.69 bits per heavy atom. The summed E-state index contributed by atoms with van der Waals surface area (Å²) < 4.78 is 12.2. The number of carbonyl (C=O) groups is 1. The van der Waals surface area contributed by atoms with Crippen LogP contribution in [0.1, 0.15) is 17.8 Å². The number of ether oxygens (including phenoxy) is 2. The van der Waals surface area contributed by atoms with Crippen molar-refractivity contribution in [2.45, 2.75) is 19.4 Å². The number of amides is 1. The third-order valence-electron chi connectivity index (χ3n) is 3.70. The van der Waals surface area contributed by atoms with Crippen LogP contribution in [-0.4, -0.2) is 30.6 Å². The Morgan fingerprint density at radius 2 is 1.85 bits per heavy atom. The standard InChI is InChI=1S/C20H22N2O3S/c23-19(21-12-6-7-13-25-16-8-2-1-3-9-16)14-24-15-20-22-17-10-4-5-11-18(17)26-20/h1-5,8-11H,6-7,12-15H2,(H,21,23). The topological polar surface area (TPSA) is 60.5 Å². The number of aromatic nitrogens is 1. The summed E-state index contributed by atoms with van der Waals surface area (Å²) in [4.78, 5) is 16.3. The van der Waals surface area contributed by atoms with Crippen LogP contribution in [0.5, 0.6) is 5.75 Å². The van der Waals surface area contributed by atoms with Gasteiger partial charge in [-0.05, 0) is 37.1 Å². The van der Waals surface area contributed by atoms with Crippen molar-refractivity contribution < 1.29 is 14.3 Å². The maximum Gasteiger partial charge on any atom is 0.246 e. The molecule has 0 aliphatic rings. The first-order valence-corrected chi connectivity index (χ1v) is 9.49. The van der Waals surface area contributed by atoms with Crippen molar-refractivity contribution >= 4 is 27.5 Å². The molecule has 0 aliphatic carbocycles. The van der Waals surface area contributed by atoms with Gasteiger partial charge in [0.15, 0.2) is 0 Å². The second-order valence-corrected chi connectivity index (χ2v) is 6.90. The summed E-state index contributed by atoms with van der Waals surface area (Å²) in [7, 11) is 0. The van der Waals surface area contributed by atoms with Crippen molar-refractivity contribution in [2.24, 2.45) is 0 Å². The zero-order valence-corrected chi connectivity index (χ0v) is 15.3. The minimum absolute atomic E-state index is 0.0520. The van der Waals surface area contributed by atoms with Gasteiger partial charge in [-0.15, -0.1) is 11.3 Å². The normalized spacial score (nSPS) is 10.8. The summed E-state index contributed by atoms with van der Waals surface area (Å²) in [5.74, 6) is 0.773. The highest BCUT2D eigenvalue weighted by molar-refractivity contribution is 7.18. The van der Waals surface area contributed by atoms with Gasteiger partial charge in [-0.25, -0.2) is 4.98 Å². The summed E-state index contributed by atoms with van der Waals surface area (Å²) >= 11 is 1.59. The fourth-order valence-corrected chi connectivity index (χ4v) is 3.33. The molecule has 0 spiro atoms. The van der Waals surface area contributed by atoms with E-state index >= 15 is 0 Å². The van der Waals surface area contributed by atoms with Crippen LogP contribution in [0.3, 0.4) is 0 Å². The number of thiazole rings is 1. The molecule has 2 aromatic carbocycles. The fraction of sp³-hybridized carbons (Fsp3) is 0.300. The highest BCUT2D eigenvalue weighted by Gasteiger charge is 2.05. The predicted molar refractivity (Wildman–Crippen MR) is 103 cm³/mol.